The maximum Gasteiger partial charge on any atom is 0.417 e. The van der Waals surface area contributed by atoms with Crippen molar-refractivity contribution < 1.29 is 18.0 Å². The summed E-state index contributed by atoms with van der Waals surface area (Å²) in [6.45, 7) is 1.22. The molecule has 1 atom stereocenters. The molecule has 0 N–H and O–H groups in total. The molecule has 2 fully saturated rings. The summed E-state index contributed by atoms with van der Waals surface area (Å²) in [7, 11) is 0. The number of pyridine rings is 1. The van der Waals surface area contributed by atoms with Gasteiger partial charge in [0.2, 0.25) is 5.91 Å². The first-order valence-electron chi connectivity index (χ1n) is 8.14. The number of hydrogen-bond donors (Lipinski definition) is 0. The molecule has 128 valence electrons. The standard InChI is InChI=1S/C16H17F3N4O/c17-16(18,19)12-5-6-13-20-21-14(23(13)9-12)11-2-1-7-22(8-11)15(24)10-3-4-10/h5-6,9-11H,1-4,7-8H2/t11-/m0/s1. The van der Waals surface area contributed by atoms with E-state index in [2.05, 4.69) is 10.2 Å². The van der Waals surface area contributed by atoms with Gasteiger partial charge in [0.1, 0.15) is 5.82 Å². The second-order valence-electron chi connectivity index (χ2n) is 6.60. The van der Waals surface area contributed by atoms with Crippen LogP contribution in [0.5, 0.6) is 0 Å². The number of piperidine rings is 1. The average molecular weight is 338 g/mol. The van der Waals surface area contributed by atoms with Crippen LogP contribution in [-0.2, 0) is 11.0 Å². The molecule has 0 aromatic carbocycles. The number of hydrogen-bond acceptors (Lipinski definition) is 3. The lowest BCUT2D eigenvalue weighted by atomic mass is 9.96. The second-order valence-corrected chi connectivity index (χ2v) is 6.60. The van der Waals surface area contributed by atoms with E-state index in [1.165, 1.54) is 10.5 Å². The van der Waals surface area contributed by atoms with Crippen LogP contribution in [0.4, 0.5) is 13.2 Å². The Labute approximate surface area is 136 Å². The minimum Gasteiger partial charge on any atom is -0.342 e. The van der Waals surface area contributed by atoms with E-state index in [0.717, 1.165) is 44.5 Å². The number of alkyl halides is 3. The highest BCUT2D eigenvalue weighted by molar-refractivity contribution is 5.81. The molecule has 2 aromatic heterocycles. The molecular formula is C16H17F3N4O. The van der Waals surface area contributed by atoms with Crippen molar-refractivity contribution in [2.75, 3.05) is 13.1 Å². The largest absolute Gasteiger partial charge is 0.417 e. The minimum atomic E-state index is -4.41. The summed E-state index contributed by atoms with van der Waals surface area (Å²) < 4.78 is 40.3. The molecule has 0 unspecified atom stereocenters. The van der Waals surface area contributed by atoms with E-state index in [0.29, 0.717) is 18.0 Å². The molecular weight excluding hydrogens is 321 g/mol. The minimum absolute atomic E-state index is 0.0834. The Morgan fingerprint density at radius 1 is 1.17 bits per heavy atom. The molecule has 24 heavy (non-hydrogen) atoms. The van der Waals surface area contributed by atoms with E-state index in [1.54, 1.807) is 0 Å². The smallest absolute Gasteiger partial charge is 0.342 e. The second kappa shape index (κ2) is 5.46. The summed E-state index contributed by atoms with van der Waals surface area (Å²) in [5.41, 5.74) is -0.332. The van der Waals surface area contributed by atoms with E-state index < -0.39 is 11.7 Å². The van der Waals surface area contributed by atoms with Gasteiger partial charge < -0.3 is 4.90 Å². The van der Waals surface area contributed by atoms with Crippen LogP contribution in [0.2, 0.25) is 0 Å². The molecule has 1 saturated heterocycles. The van der Waals surface area contributed by atoms with Gasteiger partial charge in [-0.15, -0.1) is 10.2 Å². The molecule has 0 spiro atoms. The summed E-state index contributed by atoms with van der Waals surface area (Å²) in [5, 5.41) is 8.08. The fourth-order valence-corrected chi connectivity index (χ4v) is 3.33. The Balaban J connectivity index is 1.64. The molecule has 1 aliphatic heterocycles. The number of carbonyl (C=O) groups is 1. The highest BCUT2D eigenvalue weighted by Gasteiger charge is 2.37. The maximum absolute atomic E-state index is 13.0. The van der Waals surface area contributed by atoms with E-state index in [9.17, 15) is 18.0 Å². The van der Waals surface area contributed by atoms with Crippen LogP contribution in [0.1, 0.15) is 43.0 Å². The monoisotopic (exact) mass is 338 g/mol. The van der Waals surface area contributed by atoms with Gasteiger partial charge in [-0.25, -0.2) is 0 Å². The Hall–Kier alpha value is -2.12. The first kappa shape index (κ1) is 15.4. The summed E-state index contributed by atoms with van der Waals surface area (Å²) in [6.07, 6.45) is 0.163. The number of nitrogens with zero attached hydrogens (tertiary/aromatic N) is 4. The van der Waals surface area contributed by atoms with Crippen molar-refractivity contribution >= 4 is 11.6 Å². The van der Waals surface area contributed by atoms with E-state index in [1.807, 2.05) is 4.90 Å². The topological polar surface area (TPSA) is 50.5 Å². The van der Waals surface area contributed by atoms with Crippen LogP contribution in [-0.4, -0.2) is 38.5 Å². The van der Waals surface area contributed by atoms with Gasteiger partial charge in [0, 0.05) is 31.1 Å². The molecule has 1 saturated carbocycles. The normalized spacial score (nSPS) is 22.1. The summed E-state index contributed by atoms with van der Waals surface area (Å²) in [5.74, 6) is 0.740. The van der Waals surface area contributed by atoms with Crippen LogP contribution >= 0.6 is 0 Å². The lowest BCUT2D eigenvalue weighted by Crippen LogP contribution is -2.40. The quantitative estimate of drug-likeness (QED) is 0.846. The maximum atomic E-state index is 13.0. The van der Waals surface area contributed by atoms with Gasteiger partial charge in [-0.2, -0.15) is 13.2 Å². The average Bonchev–Trinajstić information content (AvgIpc) is 3.32. The molecule has 1 amide bonds. The highest BCUT2D eigenvalue weighted by Crippen LogP contribution is 2.35. The molecule has 3 heterocycles. The number of fused-ring (bicyclic) bond motifs is 1. The van der Waals surface area contributed by atoms with Crippen LogP contribution in [0.3, 0.4) is 0 Å². The Morgan fingerprint density at radius 3 is 2.67 bits per heavy atom. The molecule has 0 bridgehead atoms. The Morgan fingerprint density at radius 2 is 1.96 bits per heavy atom. The van der Waals surface area contributed by atoms with Gasteiger partial charge in [-0.05, 0) is 37.8 Å². The molecule has 5 nitrogen and oxygen atoms in total. The fraction of sp³-hybridized carbons (Fsp3) is 0.562. The molecule has 2 aliphatic rings. The van der Waals surface area contributed by atoms with Crippen molar-refractivity contribution in [3.8, 4) is 0 Å². The van der Waals surface area contributed by atoms with Crippen LogP contribution in [0, 0.1) is 5.92 Å². The Bertz CT molecular complexity index is 781. The fourth-order valence-electron chi connectivity index (χ4n) is 3.33. The zero-order valence-corrected chi connectivity index (χ0v) is 13.0. The molecule has 2 aromatic rings. The van der Waals surface area contributed by atoms with Gasteiger partial charge in [0.15, 0.2) is 5.65 Å². The molecule has 4 rings (SSSR count). The van der Waals surface area contributed by atoms with Crippen LogP contribution in [0.15, 0.2) is 18.3 Å². The van der Waals surface area contributed by atoms with Gasteiger partial charge in [-0.3, -0.25) is 9.20 Å². The van der Waals surface area contributed by atoms with Crippen molar-refractivity contribution in [1.29, 1.82) is 0 Å². The first-order chi connectivity index (χ1) is 11.4. The van der Waals surface area contributed by atoms with Gasteiger partial charge in [-0.1, -0.05) is 0 Å². The first-order valence-corrected chi connectivity index (χ1v) is 8.14. The lowest BCUT2D eigenvalue weighted by molar-refractivity contribution is -0.138. The zero-order valence-electron chi connectivity index (χ0n) is 13.0. The van der Waals surface area contributed by atoms with Crippen LogP contribution < -0.4 is 0 Å². The highest BCUT2D eigenvalue weighted by atomic mass is 19.4. The van der Waals surface area contributed by atoms with Crippen molar-refractivity contribution in [3.63, 3.8) is 0 Å². The third-order valence-corrected chi connectivity index (χ3v) is 4.78. The zero-order chi connectivity index (χ0) is 16.9. The number of amides is 1. The summed E-state index contributed by atoms with van der Waals surface area (Å²) >= 11 is 0. The van der Waals surface area contributed by atoms with Gasteiger partial charge >= 0.3 is 6.18 Å². The predicted molar refractivity (Wildman–Crippen MR) is 79.3 cm³/mol. The summed E-state index contributed by atoms with van der Waals surface area (Å²) in [6, 6.07) is 2.34. The SMILES string of the molecule is O=C(C1CC1)N1CCC[C@H](c2nnc3ccc(C(F)(F)F)cn23)C1. The van der Waals surface area contributed by atoms with E-state index in [-0.39, 0.29) is 17.7 Å². The van der Waals surface area contributed by atoms with Gasteiger partial charge in [0.25, 0.3) is 0 Å². The number of carbonyl (C=O) groups excluding carboxylic acids is 1. The van der Waals surface area contributed by atoms with Crippen molar-refractivity contribution in [3.05, 3.63) is 29.7 Å². The third-order valence-electron chi connectivity index (χ3n) is 4.78. The Kier molecular flexibility index (Phi) is 3.51. The molecule has 1 aliphatic carbocycles. The van der Waals surface area contributed by atoms with Crippen LogP contribution in [0.25, 0.3) is 5.65 Å². The van der Waals surface area contributed by atoms with E-state index >= 15 is 0 Å². The number of rotatable bonds is 2. The van der Waals surface area contributed by atoms with Crippen molar-refractivity contribution in [2.24, 2.45) is 5.92 Å². The number of likely N-dealkylation sites (tertiary alicyclic amines) is 1. The molecule has 0 radical (unpaired) electrons. The number of aromatic nitrogens is 3. The third kappa shape index (κ3) is 2.74. The lowest BCUT2D eigenvalue weighted by Gasteiger charge is -2.32. The molecule has 8 heteroatoms. The van der Waals surface area contributed by atoms with Gasteiger partial charge in [0.05, 0.1) is 5.56 Å². The van der Waals surface area contributed by atoms with E-state index in [4.69, 9.17) is 0 Å². The number of halogens is 3. The van der Waals surface area contributed by atoms with Crippen molar-refractivity contribution in [1.82, 2.24) is 19.5 Å². The predicted octanol–water partition coefficient (Wildman–Crippen LogP) is 2.86. The summed E-state index contributed by atoms with van der Waals surface area (Å²) in [4.78, 5) is 14.1. The van der Waals surface area contributed by atoms with Crippen molar-refractivity contribution in [2.45, 2.75) is 37.8 Å².